The van der Waals surface area contributed by atoms with E-state index in [1.807, 2.05) is 163 Å². The summed E-state index contributed by atoms with van der Waals surface area (Å²) in [5.74, 6) is 1.88. The van der Waals surface area contributed by atoms with Crippen molar-refractivity contribution in [2.24, 2.45) is 20.2 Å². The van der Waals surface area contributed by atoms with Crippen LogP contribution >= 0.6 is 0 Å². The third-order valence-electron chi connectivity index (χ3n) is 12.0. The molecule has 2 aliphatic heterocycles. The van der Waals surface area contributed by atoms with Crippen molar-refractivity contribution in [3.63, 3.8) is 0 Å². The Bertz CT molecular complexity index is 2210. The van der Waals surface area contributed by atoms with Gasteiger partial charge in [0.05, 0.1) is 47.4 Å². The number of amidine groups is 2. The van der Waals surface area contributed by atoms with Crippen LogP contribution < -0.4 is 0 Å². The number of benzene rings is 6. The predicted octanol–water partition coefficient (Wildman–Crippen LogP) is 22.5. The van der Waals surface area contributed by atoms with Gasteiger partial charge < -0.3 is 14.9 Å². The molecule has 6 nitrogen and oxygen atoms in total. The van der Waals surface area contributed by atoms with E-state index in [1.54, 1.807) is 0 Å². The number of rotatable bonds is 8. The Morgan fingerprint density at radius 1 is 0.354 bits per heavy atom. The molecule has 0 spiro atoms. The van der Waals surface area contributed by atoms with Crippen LogP contribution in [0.1, 0.15) is 213 Å². The van der Waals surface area contributed by atoms with E-state index in [9.17, 15) is 0 Å². The van der Waals surface area contributed by atoms with E-state index in [2.05, 4.69) is 209 Å². The molecule has 6 aromatic rings. The molecule has 6 aromatic carbocycles. The van der Waals surface area contributed by atoms with Gasteiger partial charge in [-0.1, -0.05) is 320 Å². The molecule has 2 radical (unpaired) electrons. The molecule has 8 heteroatoms. The minimum atomic E-state index is -0.230. The number of hydrogen-bond acceptors (Lipinski definition) is 4. The molecule has 0 fully saturated rings. The fourth-order valence-electron chi connectivity index (χ4n) is 8.14. The first-order valence-electron chi connectivity index (χ1n) is 30.3. The van der Waals surface area contributed by atoms with Gasteiger partial charge in [0.1, 0.15) is 11.7 Å². The summed E-state index contributed by atoms with van der Waals surface area (Å²) >= 11 is 0. The van der Waals surface area contributed by atoms with Crippen LogP contribution in [-0.2, 0) is 89.3 Å². The van der Waals surface area contributed by atoms with Gasteiger partial charge in [-0.3, -0.25) is 9.98 Å². The fourth-order valence-corrected chi connectivity index (χ4v) is 8.14. The van der Waals surface area contributed by atoms with E-state index in [-0.39, 0.29) is 103 Å². The second-order valence-corrected chi connectivity index (χ2v) is 15.5. The van der Waals surface area contributed by atoms with Crippen LogP contribution in [-0.4, -0.2) is 45.2 Å². The van der Waals surface area contributed by atoms with Gasteiger partial charge >= 0.3 is 0 Å². The van der Waals surface area contributed by atoms with Crippen LogP contribution in [0.15, 0.2) is 202 Å². The topological polar surface area (TPSA) is 55.9 Å². The maximum absolute atomic E-state index is 5.10. The number of hydrazone groups is 2. The minimum absolute atomic E-state index is 0. The molecule has 82 heavy (non-hydrogen) atoms. The molecule has 454 valence electrons. The second-order valence-electron chi connectivity index (χ2n) is 15.5. The number of nitrogens with zero attached hydrogens (tertiary/aromatic N) is 6. The van der Waals surface area contributed by atoms with Crippen LogP contribution in [0.25, 0.3) is 0 Å². The van der Waals surface area contributed by atoms with Gasteiger partial charge in [-0.25, -0.2) is 10.0 Å². The molecule has 0 aromatic heterocycles. The van der Waals surface area contributed by atoms with Gasteiger partial charge in [0.15, 0.2) is 0 Å². The second kappa shape index (κ2) is 59.9. The SMILES string of the molecule is CC.CC.CC.CC.CC.CC.CC.CC.CC.CC.CC(=NCc1ccccc1)N1N=C(c2ccccc2)[C@@](C)(c2ccccc2)[C@@H]1C.CC(=NCc1ccccc1)N1N=C(c2ccccc2)[C@](C)(c2ccccc2)[C@@H]1C.[CH3-].[CH3-].[Y].[Y]. The van der Waals surface area contributed by atoms with Crippen LogP contribution in [0.2, 0.25) is 0 Å². The van der Waals surface area contributed by atoms with Crippen molar-refractivity contribution in [3.05, 3.63) is 230 Å². The first-order chi connectivity index (χ1) is 38.2. The van der Waals surface area contributed by atoms with Crippen molar-refractivity contribution in [3.8, 4) is 0 Å². The van der Waals surface area contributed by atoms with Crippen molar-refractivity contribution in [1.82, 2.24) is 10.0 Å². The molecular formula is C74H120N6Y2-2. The van der Waals surface area contributed by atoms with Gasteiger partial charge in [-0.15, -0.1) is 0 Å². The van der Waals surface area contributed by atoms with Gasteiger partial charge in [-0.2, -0.15) is 10.2 Å². The summed E-state index contributed by atoms with van der Waals surface area (Å²) in [5.41, 5.74) is 8.99. The zero-order valence-corrected chi connectivity index (χ0v) is 63.4. The van der Waals surface area contributed by atoms with Crippen LogP contribution in [0.5, 0.6) is 0 Å². The maximum atomic E-state index is 5.10. The van der Waals surface area contributed by atoms with Gasteiger partial charge in [0.2, 0.25) is 0 Å². The van der Waals surface area contributed by atoms with Crippen molar-refractivity contribution in [2.75, 3.05) is 0 Å². The average molecular weight is 1270 g/mol. The summed E-state index contributed by atoms with van der Waals surface area (Å²) in [4.78, 5) is 9.70. The van der Waals surface area contributed by atoms with Gasteiger partial charge in [-0.05, 0) is 74.9 Å². The number of hydrogen-bond donors (Lipinski definition) is 0. The molecule has 0 saturated carbocycles. The first-order valence-corrected chi connectivity index (χ1v) is 30.3. The van der Waals surface area contributed by atoms with E-state index in [0.717, 1.165) is 34.2 Å². The summed E-state index contributed by atoms with van der Waals surface area (Å²) in [5, 5.41) is 14.4. The Kier molecular flexibility index (Phi) is 68.9. The zero-order valence-electron chi connectivity index (χ0n) is 57.7. The molecule has 0 N–H and O–H groups in total. The van der Waals surface area contributed by atoms with Crippen molar-refractivity contribution >= 4 is 23.1 Å². The van der Waals surface area contributed by atoms with Crippen LogP contribution in [0, 0.1) is 14.9 Å². The minimum Gasteiger partial charge on any atom is -0.358 e. The van der Waals surface area contributed by atoms with Crippen molar-refractivity contribution in [1.29, 1.82) is 0 Å². The monoisotopic (exact) mass is 1270 g/mol. The normalized spacial score (nSPS) is 16.2. The Morgan fingerprint density at radius 2 is 0.549 bits per heavy atom. The van der Waals surface area contributed by atoms with E-state index >= 15 is 0 Å². The quantitative estimate of drug-likeness (QED) is 0.0866. The molecule has 2 heterocycles. The molecule has 0 amide bonds. The molecule has 0 saturated heterocycles. The average Bonchev–Trinajstić information content (AvgIpc) is 4.00. The van der Waals surface area contributed by atoms with Crippen LogP contribution in [0.4, 0.5) is 0 Å². The Balaban J connectivity index is -0.000000164. The third kappa shape index (κ3) is 28.6. The standard InChI is InChI=1S/2C26H27N3.10C2H6.2CH3.2Y/c2*1-20-26(3,24-17-11-6-12-18-24)25(23-15-9-5-10-16-23)28-29(20)21(2)27-19-22-13-7-4-8-14-22;10*1-2;;;;/h2*4-18,20H,19H2,1-3H3;10*1-2H3;2*1H3;;/q;;;;;;;;;;;;2*-1;;/t20-,26+;20-,26-;;;;;;;;;;;;;;/m00............../s1. The summed E-state index contributed by atoms with van der Waals surface area (Å²) in [7, 11) is 0. The van der Waals surface area contributed by atoms with Crippen molar-refractivity contribution in [2.45, 2.75) is 216 Å². The van der Waals surface area contributed by atoms with Gasteiger partial charge in [0, 0.05) is 65.4 Å². The molecule has 0 unspecified atom stereocenters. The molecule has 0 bridgehead atoms. The Hall–Kier alpha value is -4.19. The van der Waals surface area contributed by atoms with Gasteiger partial charge in [0.25, 0.3) is 0 Å². The van der Waals surface area contributed by atoms with E-state index in [1.165, 1.54) is 22.3 Å². The summed E-state index contributed by atoms with van der Waals surface area (Å²) < 4.78 is 0. The smallest absolute Gasteiger partial charge is 0.117 e. The largest absolute Gasteiger partial charge is 0.358 e. The summed E-state index contributed by atoms with van der Waals surface area (Å²) in [6.07, 6.45) is 0. The van der Waals surface area contributed by atoms with E-state index in [4.69, 9.17) is 20.2 Å². The summed E-state index contributed by atoms with van der Waals surface area (Å²) in [6, 6.07) is 63.4. The Morgan fingerprint density at radius 3 is 0.768 bits per heavy atom. The fraction of sp³-hybridized carbons (Fsp3) is 0.432. The van der Waals surface area contributed by atoms with E-state index < -0.39 is 0 Å². The van der Waals surface area contributed by atoms with E-state index in [0.29, 0.717) is 13.1 Å². The third-order valence-corrected chi connectivity index (χ3v) is 12.0. The molecule has 4 atom stereocenters. The number of aliphatic imine (C=N–C) groups is 2. The zero-order chi connectivity index (χ0) is 60.5. The molecule has 8 rings (SSSR count). The Labute approximate surface area is 559 Å². The predicted molar refractivity (Wildman–Crippen MR) is 369 cm³/mol. The van der Waals surface area contributed by atoms with Crippen molar-refractivity contribution < 1.29 is 65.4 Å². The molecular weight excluding hydrogens is 1150 g/mol. The first kappa shape index (κ1) is 94.2. The molecule has 2 aliphatic rings. The summed E-state index contributed by atoms with van der Waals surface area (Å²) in [6.45, 7) is 54.5. The van der Waals surface area contributed by atoms with Crippen LogP contribution in [0.3, 0.4) is 0 Å². The molecule has 0 aliphatic carbocycles. The maximum Gasteiger partial charge on any atom is 0.117 e.